The molecule has 1 aromatic heterocycles. The molecule has 0 atom stereocenters. The highest BCUT2D eigenvalue weighted by Gasteiger charge is 2.13. The third kappa shape index (κ3) is 2.04. The van der Waals surface area contributed by atoms with E-state index in [1.54, 1.807) is 10.6 Å². The van der Waals surface area contributed by atoms with Crippen LogP contribution in [0, 0.1) is 0 Å². The van der Waals surface area contributed by atoms with Crippen molar-refractivity contribution < 1.29 is 8.78 Å². The fourth-order valence-electron chi connectivity index (χ4n) is 1.79. The van der Waals surface area contributed by atoms with Crippen molar-refractivity contribution in [3.8, 4) is 0 Å². The number of aromatic nitrogens is 2. The summed E-state index contributed by atoms with van der Waals surface area (Å²) in [6, 6.07) is 7.27. The number of para-hydroxylation sites is 2. The van der Waals surface area contributed by atoms with Crippen LogP contribution in [0.15, 0.2) is 24.3 Å². The highest BCUT2D eigenvalue weighted by atomic mass is 19.3. The lowest BCUT2D eigenvalue weighted by atomic mass is 10.3. The van der Waals surface area contributed by atoms with Crippen LogP contribution in [0.4, 0.5) is 8.78 Å². The maximum Gasteiger partial charge on any atom is 0.256 e. The van der Waals surface area contributed by atoms with E-state index >= 15 is 0 Å². The topological polar surface area (TPSA) is 43.8 Å². The lowest BCUT2D eigenvalue weighted by Crippen LogP contribution is -2.13. The van der Waals surface area contributed by atoms with Gasteiger partial charge >= 0.3 is 0 Å². The molecule has 86 valence electrons. The van der Waals surface area contributed by atoms with Crippen LogP contribution in [0.3, 0.4) is 0 Å². The number of rotatable bonds is 4. The summed E-state index contributed by atoms with van der Waals surface area (Å²) in [5, 5.41) is 0. The van der Waals surface area contributed by atoms with Crippen LogP contribution in [0.25, 0.3) is 11.0 Å². The predicted octanol–water partition coefficient (Wildman–Crippen LogP) is 1.80. The zero-order chi connectivity index (χ0) is 11.5. The monoisotopic (exact) mass is 225 g/mol. The van der Waals surface area contributed by atoms with E-state index in [1.807, 2.05) is 18.2 Å². The van der Waals surface area contributed by atoms with Crippen LogP contribution >= 0.6 is 0 Å². The Morgan fingerprint density at radius 3 is 2.75 bits per heavy atom. The minimum absolute atomic E-state index is 0.324. The van der Waals surface area contributed by atoms with Gasteiger partial charge in [-0.2, -0.15) is 0 Å². The maximum absolute atomic E-state index is 12.5. The number of fused-ring (bicyclic) bond motifs is 1. The number of halogens is 2. The molecule has 16 heavy (non-hydrogen) atoms. The van der Waals surface area contributed by atoms with Crippen LogP contribution in [0.1, 0.15) is 5.82 Å². The first-order valence-corrected chi connectivity index (χ1v) is 5.14. The Labute approximate surface area is 91.9 Å². The van der Waals surface area contributed by atoms with Gasteiger partial charge in [-0.05, 0) is 18.7 Å². The number of nitrogens with zero attached hydrogens (tertiary/aromatic N) is 2. The van der Waals surface area contributed by atoms with Crippen LogP contribution in [-0.4, -0.2) is 22.5 Å². The SMILES string of the molecule is NCCc1nc2ccccc2n1CC(F)F. The molecule has 0 saturated heterocycles. The molecule has 0 radical (unpaired) electrons. The number of alkyl halides is 2. The second-order valence-corrected chi connectivity index (χ2v) is 3.56. The lowest BCUT2D eigenvalue weighted by molar-refractivity contribution is 0.127. The summed E-state index contributed by atoms with van der Waals surface area (Å²) in [5.74, 6) is 0.629. The number of imidazole rings is 1. The van der Waals surface area contributed by atoms with E-state index in [9.17, 15) is 8.78 Å². The molecule has 1 heterocycles. The van der Waals surface area contributed by atoms with Gasteiger partial charge in [0.1, 0.15) is 5.82 Å². The van der Waals surface area contributed by atoms with Crippen molar-refractivity contribution in [1.82, 2.24) is 9.55 Å². The van der Waals surface area contributed by atoms with Gasteiger partial charge in [-0.15, -0.1) is 0 Å². The van der Waals surface area contributed by atoms with Gasteiger partial charge in [0.25, 0.3) is 6.43 Å². The van der Waals surface area contributed by atoms with Gasteiger partial charge in [0.05, 0.1) is 17.6 Å². The summed E-state index contributed by atoms with van der Waals surface area (Å²) in [5.41, 5.74) is 6.93. The van der Waals surface area contributed by atoms with E-state index in [0.29, 0.717) is 18.8 Å². The molecule has 3 nitrogen and oxygen atoms in total. The highest BCUT2D eigenvalue weighted by molar-refractivity contribution is 5.75. The van der Waals surface area contributed by atoms with E-state index in [0.717, 1.165) is 11.0 Å². The van der Waals surface area contributed by atoms with Crippen molar-refractivity contribution in [2.24, 2.45) is 5.73 Å². The smallest absolute Gasteiger partial charge is 0.256 e. The van der Waals surface area contributed by atoms with Gasteiger partial charge in [0.2, 0.25) is 0 Å². The number of hydrogen-bond acceptors (Lipinski definition) is 2. The molecule has 0 aliphatic carbocycles. The molecule has 0 aliphatic rings. The minimum atomic E-state index is -2.38. The Hall–Kier alpha value is -1.49. The average molecular weight is 225 g/mol. The van der Waals surface area contributed by atoms with Gasteiger partial charge in [-0.25, -0.2) is 13.8 Å². The Morgan fingerprint density at radius 2 is 2.06 bits per heavy atom. The number of benzene rings is 1. The molecule has 0 amide bonds. The standard InChI is InChI=1S/C11H13F2N3/c12-10(13)7-16-9-4-2-1-3-8(9)15-11(16)5-6-14/h1-4,10H,5-7,14H2. The van der Waals surface area contributed by atoms with E-state index < -0.39 is 6.43 Å². The molecule has 0 saturated carbocycles. The average Bonchev–Trinajstić information content (AvgIpc) is 2.57. The van der Waals surface area contributed by atoms with Crippen molar-refractivity contribution in [2.75, 3.05) is 6.54 Å². The van der Waals surface area contributed by atoms with Gasteiger partial charge in [0.15, 0.2) is 0 Å². The first-order valence-electron chi connectivity index (χ1n) is 5.14. The fourth-order valence-corrected chi connectivity index (χ4v) is 1.79. The molecule has 1 aromatic carbocycles. The van der Waals surface area contributed by atoms with Crippen LogP contribution < -0.4 is 5.73 Å². The molecule has 0 spiro atoms. The largest absolute Gasteiger partial charge is 0.330 e. The summed E-state index contributed by atoms with van der Waals surface area (Å²) in [4.78, 5) is 4.31. The van der Waals surface area contributed by atoms with Crippen molar-refractivity contribution in [1.29, 1.82) is 0 Å². The summed E-state index contributed by atoms with van der Waals surface area (Å²) in [6.07, 6.45) is -1.87. The summed E-state index contributed by atoms with van der Waals surface area (Å²) in [6.45, 7) is 0.0857. The predicted molar refractivity (Wildman–Crippen MR) is 58.5 cm³/mol. The Bertz CT molecular complexity index is 479. The minimum Gasteiger partial charge on any atom is -0.330 e. The maximum atomic E-state index is 12.5. The molecular weight excluding hydrogens is 212 g/mol. The molecule has 0 fully saturated rings. The number of hydrogen-bond donors (Lipinski definition) is 1. The third-order valence-electron chi connectivity index (χ3n) is 2.42. The van der Waals surface area contributed by atoms with Crippen molar-refractivity contribution >= 4 is 11.0 Å². The van der Waals surface area contributed by atoms with Crippen LogP contribution in [-0.2, 0) is 13.0 Å². The second-order valence-electron chi connectivity index (χ2n) is 3.56. The van der Waals surface area contributed by atoms with Crippen molar-refractivity contribution in [2.45, 2.75) is 19.4 Å². The zero-order valence-electron chi connectivity index (χ0n) is 8.74. The first-order chi connectivity index (χ1) is 7.72. The molecule has 0 bridgehead atoms. The number of nitrogens with two attached hydrogens (primary N) is 1. The Kier molecular flexibility index (Phi) is 3.14. The zero-order valence-corrected chi connectivity index (χ0v) is 8.74. The molecule has 5 heteroatoms. The van der Waals surface area contributed by atoms with E-state index in [-0.39, 0.29) is 6.54 Å². The summed E-state index contributed by atoms with van der Waals surface area (Å²) >= 11 is 0. The van der Waals surface area contributed by atoms with Gasteiger partial charge in [-0.3, -0.25) is 0 Å². The normalized spacial score (nSPS) is 11.5. The van der Waals surface area contributed by atoms with E-state index in [4.69, 9.17) is 5.73 Å². The molecule has 0 aliphatic heterocycles. The molecule has 2 rings (SSSR count). The quantitative estimate of drug-likeness (QED) is 0.862. The lowest BCUT2D eigenvalue weighted by Gasteiger charge is -2.07. The van der Waals surface area contributed by atoms with Crippen molar-refractivity contribution in [3.05, 3.63) is 30.1 Å². The second kappa shape index (κ2) is 4.57. The van der Waals surface area contributed by atoms with Gasteiger partial charge < -0.3 is 10.3 Å². The van der Waals surface area contributed by atoms with E-state index in [1.165, 1.54) is 0 Å². The van der Waals surface area contributed by atoms with Gasteiger partial charge in [-0.1, -0.05) is 12.1 Å². The van der Waals surface area contributed by atoms with Crippen LogP contribution in [0.2, 0.25) is 0 Å². The molecule has 2 aromatic rings. The summed E-state index contributed by atoms with van der Waals surface area (Å²) in [7, 11) is 0. The molecular formula is C11H13F2N3. The molecule has 0 unspecified atom stereocenters. The first kappa shape index (κ1) is 11.0. The Morgan fingerprint density at radius 1 is 1.31 bits per heavy atom. The molecule has 2 N–H and O–H groups in total. The summed E-state index contributed by atoms with van der Waals surface area (Å²) < 4.78 is 26.5. The fraction of sp³-hybridized carbons (Fsp3) is 0.364. The van der Waals surface area contributed by atoms with E-state index in [2.05, 4.69) is 4.98 Å². The van der Waals surface area contributed by atoms with Crippen molar-refractivity contribution in [3.63, 3.8) is 0 Å². The third-order valence-corrected chi connectivity index (χ3v) is 2.42. The Balaban J connectivity index is 2.50. The highest BCUT2D eigenvalue weighted by Crippen LogP contribution is 2.17. The van der Waals surface area contributed by atoms with Crippen LogP contribution in [0.5, 0.6) is 0 Å². The van der Waals surface area contributed by atoms with Gasteiger partial charge in [0, 0.05) is 6.42 Å².